The van der Waals surface area contributed by atoms with Crippen molar-refractivity contribution in [2.24, 2.45) is 0 Å². The summed E-state index contributed by atoms with van der Waals surface area (Å²) < 4.78 is 3.26. The summed E-state index contributed by atoms with van der Waals surface area (Å²) in [6.45, 7) is 0. The Labute approximate surface area is 76.6 Å². The van der Waals surface area contributed by atoms with Crippen LogP contribution in [0.15, 0.2) is 12.4 Å². The molecule has 2 nitrogen and oxygen atoms in total. The molecule has 0 bridgehead atoms. The maximum Gasteiger partial charge on any atom is 0.0633 e. The summed E-state index contributed by atoms with van der Waals surface area (Å²) in [5.74, 6) is 0. The molecule has 1 aromatic rings. The monoisotopic (exact) mass is 270 g/mol. The molecule has 0 unspecified atom stereocenters. The van der Waals surface area contributed by atoms with Crippen molar-refractivity contribution < 1.29 is 0 Å². The second-order valence-corrected chi connectivity index (χ2v) is 8.00. The van der Waals surface area contributed by atoms with E-state index in [2.05, 4.69) is 56.7 Å². The second kappa shape index (κ2) is 2.73. The third-order valence-corrected chi connectivity index (χ3v) is 2.97. The van der Waals surface area contributed by atoms with Crippen molar-refractivity contribution in [3.05, 3.63) is 16.0 Å². The zero-order valence-electron chi connectivity index (χ0n) is 6.34. The first-order chi connectivity index (χ1) is 4.50. The third-order valence-electron chi connectivity index (χ3n) is 1.09. The summed E-state index contributed by atoms with van der Waals surface area (Å²) in [5, 5.41) is 4.23. The zero-order valence-corrected chi connectivity index (χ0v) is 9.31. The molecule has 0 atom stereocenters. The summed E-state index contributed by atoms with van der Waals surface area (Å²) in [7, 11) is -0.681. The zero-order chi connectivity index (χ0) is 7.78. The van der Waals surface area contributed by atoms with Gasteiger partial charge in [-0.25, -0.2) is 4.09 Å². The van der Waals surface area contributed by atoms with Crippen LogP contribution >= 0.6 is 32.8 Å². The first-order valence-corrected chi connectivity index (χ1v) is 6.78. The first kappa shape index (κ1) is 8.39. The average Bonchev–Trinajstić information content (AvgIpc) is 2.11. The minimum absolute atomic E-state index is 0.681. The molecule has 0 aliphatic carbocycles. The second-order valence-electron chi connectivity index (χ2n) is 2.83. The molecule has 0 spiro atoms. The van der Waals surface area contributed by atoms with E-state index in [1.54, 1.807) is 0 Å². The van der Waals surface area contributed by atoms with Crippen LogP contribution in [0.3, 0.4) is 0 Å². The summed E-state index contributed by atoms with van der Waals surface area (Å²) in [5.41, 5.74) is 0. The van der Waals surface area contributed by atoms with Crippen molar-refractivity contribution in [3.63, 3.8) is 0 Å². The highest BCUT2D eigenvalue weighted by Gasteiger charge is 2.06. The molecule has 0 amide bonds. The van der Waals surface area contributed by atoms with Crippen LogP contribution in [0.4, 0.5) is 0 Å². The van der Waals surface area contributed by atoms with Crippen LogP contribution in [0.5, 0.6) is 0 Å². The number of halogens is 1. The van der Waals surface area contributed by atoms with E-state index in [-0.39, 0.29) is 0 Å². The van der Waals surface area contributed by atoms with Gasteiger partial charge in [0.1, 0.15) is 0 Å². The fourth-order valence-corrected chi connectivity index (χ4v) is 1.92. The van der Waals surface area contributed by atoms with Gasteiger partial charge in [-0.1, -0.05) is 0 Å². The van der Waals surface area contributed by atoms with Crippen molar-refractivity contribution in [1.82, 2.24) is 9.19 Å². The van der Waals surface area contributed by atoms with Crippen LogP contribution in [-0.4, -0.2) is 28.0 Å². The maximum absolute atomic E-state index is 4.23. The van der Waals surface area contributed by atoms with Gasteiger partial charge in [-0.3, -0.25) is 0 Å². The van der Waals surface area contributed by atoms with E-state index < -0.39 is 10.2 Å². The van der Waals surface area contributed by atoms with E-state index in [0.717, 1.165) is 0 Å². The van der Waals surface area contributed by atoms with E-state index in [9.17, 15) is 0 Å². The molecule has 1 rings (SSSR count). The van der Waals surface area contributed by atoms with Gasteiger partial charge in [0.05, 0.1) is 9.77 Å². The molecule has 0 aromatic carbocycles. The van der Waals surface area contributed by atoms with Gasteiger partial charge in [-0.2, -0.15) is 15.3 Å². The number of rotatable bonds is 1. The van der Waals surface area contributed by atoms with Gasteiger partial charge in [0.25, 0.3) is 0 Å². The molecule has 0 radical (unpaired) electrons. The van der Waals surface area contributed by atoms with Crippen LogP contribution in [0.2, 0.25) is 0 Å². The lowest BCUT2D eigenvalue weighted by Gasteiger charge is -2.25. The number of aromatic nitrogens is 2. The Kier molecular flexibility index (Phi) is 2.29. The number of hydrogen-bond acceptors (Lipinski definition) is 1. The lowest BCUT2D eigenvalue weighted by Crippen LogP contribution is -2.05. The fraction of sp³-hybridized carbons (Fsp3) is 0.500. The Hall–Kier alpha value is 0.290. The Balaban J connectivity index is 2.96. The minimum atomic E-state index is -0.681. The molecule has 1 heterocycles. The van der Waals surface area contributed by atoms with Crippen molar-refractivity contribution >= 4 is 32.8 Å². The predicted molar refractivity (Wildman–Crippen MR) is 55.7 cm³/mol. The quantitative estimate of drug-likeness (QED) is 0.713. The molecule has 10 heavy (non-hydrogen) atoms. The van der Waals surface area contributed by atoms with Gasteiger partial charge in [0.2, 0.25) is 0 Å². The van der Waals surface area contributed by atoms with E-state index in [0.29, 0.717) is 0 Å². The normalized spacial score (nSPS) is 13.6. The fourth-order valence-electron chi connectivity index (χ4n) is 0.584. The van der Waals surface area contributed by atoms with Crippen molar-refractivity contribution in [3.8, 4) is 0 Å². The molecule has 0 saturated carbocycles. The predicted octanol–water partition coefficient (Wildman–Crippen LogP) is 1.94. The van der Waals surface area contributed by atoms with Crippen LogP contribution < -0.4 is 0 Å². The first-order valence-electron chi connectivity index (χ1n) is 2.89. The Morgan fingerprint density at radius 2 is 2.10 bits per heavy atom. The Morgan fingerprint density at radius 3 is 2.30 bits per heavy atom. The van der Waals surface area contributed by atoms with Gasteiger partial charge in [0, 0.05) is 6.20 Å². The summed E-state index contributed by atoms with van der Waals surface area (Å²) >= 11 is 2.27. The summed E-state index contributed by atoms with van der Waals surface area (Å²) in [4.78, 5) is 0. The van der Waals surface area contributed by atoms with E-state index >= 15 is 0 Å². The van der Waals surface area contributed by atoms with Crippen LogP contribution in [0, 0.1) is 3.57 Å². The Morgan fingerprint density at radius 1 is 1.50 bits per heavy atom. The molecule has 1 aromatic heterocycles. The van der Waals surface area contributed by atoms with Crippen LogP contribution in [0.25, 0.3) is 0 Å². The number of hydrogen-bond donors (Lipinski definition) is 0. The SMILES string of the molecule is CS(C)(C)n1cc(I)cn1. The lowest BCUT2D eigenvalue weighted by atomic mass is 10.8. The lowest BCUT2D eigenvalue weighted by molar-refractivity contribution is 0.994. The van der Waals surface area contributed by atoms with Crippen molar-refractivity contribution in [1.29, 1.82) is 0 Å². The third kappa shape index (κ3) is 1.88. The Bertz CT molecular complexity index is 226. The highest BCUT2D eigenvalue weighted by molar-refractivity contribution is 14.1. The standard InChI is InChI=1S/C6H11IN2S/c1-10(2,3)9-5-6(7)4-8-9/h4-5H,1-3H3. The minimum Gasteiger partial charge on any atom is -0.233 e. The van der Waals surface area contributed by atoms with Crippen molar-refractivity contribution in [2.75, 3.05) is 18.8 Å². The van der Waals surface area contributed by atoms with Gasteiger partial charge >= 0.3 is 0 Å². The van der Waals surface area contributed by atoms with Gasteiger partial charge in [-0.15, -0.1) is 0 Å². The highest BCUT2D eigenvalue weighted by Crippen LogP contribution is 2.35. The molecular weight excluding hydrogens is 259 g/mol. The average molecular weight is 270 g/mol. The number of nitrogens with zero attached hydrogens (tertiary/aromatic N) is 2. The molecule has 4 heteroatoms. The molecule has 0 aliphatic heterocycles. The molecule has 0 N–H and O–H groups in total. The molecule has 0 fully saturated rings. The van der Waals surface area contributed by atoms with Crippen LogP contribution in [0.1, 0.15) is 0 Å². The van der Waals surface area contributed by atoms with E-state index in [1.165, 1.54) is 3.57 Å². The van der Waals surface area contributed by atoms with Gasteiger partial charge in [-0.05, 0) is 41.4 Å². The molecule has 58 valence electrons. The maximum atomic E-state index is 4.23. The largest absolute Gasteiger partial charge is 0.233 e. The smallest absolute Gasteiger partial charge is 0.0633 e. The van der Waals surface area contributed by atoms with Gasteiger partial charge < -0.3 is 0 Å². The highest BCUT2D eigenvalue weighted by atomic mass is 127. The van der Waals surface area contributed by atoms with E-state index in [1.807, 2.05) is 6.20 Å². The van der Waals surface area contributed by atoms with E-state index in [4.69, 9.17) is 0 Å². The van der Waals surface area contributed by atoms with Crippen molar-refractivity contribution in [2.45, 2.75) is 0 Å². The molecular formula is C6H11IN2S. The topological polar surface area (TPSA) is 17.8 Å². The summed E-state index contributed by atoms with van der Waals surface area (Å²) in [6.07, 6.45) is 10.6. The van der Waals surface area contributed by atoms with Gasteiger partial charge in [0.15, 0.2) is 0 Å². The molecule has 0 saturated heterocycles. The molecule has 0 aliphatic rings. The van der Waals surface area contributed by atoms with Crippen LogP contribution in [-0.2, 0) is 0 Å². The summed E-state index contributed by atoms with van der Waals surface area (Å²) in [6, 6.07) is 0.